The Balaban J connectivity index is 2.87. The minimum Gasteiger partial charge on any atom is -0.353 e. The molecule has 7 heteroatoms. The van der Waals surface area contributed by atoms with E-state index < -0.39 is 16.1 Å². The second-order valence-electron chi connectivity index (χ2n) is 4.44. The highest BCUT2D eigenvalue weighted by atomic mass is 79.9. The number of halogens is 1. The summed E-state index contributed by atoms with van der Waals surface area (Å²) < 4.78 is 27.1. The number of hydrogen-bond acceptors (Lipinski definition) is 3. The van der Waals surface area contributed by atoms with Gasteiger partial charge >= 0.3 is 0 Å². The van der Waals surface area contributed by atoms with E-state index in [1.807, 2.05) is 13.8 Å². The van der Waals surface area contributed by atoms with Gasteiger partial charge < -0.3 is 5.32 Å². The minimum atomic E-state index is -3.73. The maximum atomic E-state index is 12.1. The van der Waals surface area contributed by atoms with Crippen LogP contribution in [0, 0.1) is 0 Å². The Kier molecular flexibility index (Phi) is 5.51. The Morgan fingerprint density at radius 1 is 1.21 bits per heavy atom. The largest absolute Gasteiger partial charge is 0.353 e. The Morgan fingerprint density at radius 3 is 2.32 bits per heavy atom. The fourth-order valence-electron chi connectivity index (χ4n) is 1.42. The summed E-state index contributed by atoms with van der Waals surface area (Å²) in [5.41, 5.74) is 0. The van der Waals surface area contributed by atoms with Crippen molar-refractivity contribution in [3.05, 3.63) is 28.7 Å². The lowest BCUT2D eigenvalue weighted by atomic mass is 10.3. The van der Waals surface area contributed by atoms with Crippen molar-refractivity contribution in [1.29, 1.82) is 0 Å². The Bertz CT molecular complexity index is 558. The number of amides is 1. The van der Waals surface area contributed by atoms with Crippen molar-refractivity contribution in [3.63, 3.8) is 0 Å². The second kappa shape index (κ2) is 6.49. The average Bonchev–Trinajstić information content (AvgIpc) is 2.27. The van der Waals surface area contributed by atoms with Crippen molar-refractivity contribution in [2.75, 3.05) is 0 Å². The number of sulfonamides is 1. The van der Waals surface area contributed by atoms with Crippen LogP contribution in [0.25, 0.3) is 0 Å². The first-order valence-electron chi connectivity index (χ1n) is 5.81. The predicted molar refractivity (Wildman–Crippen MR) is 77.2 cm³/mol. The average molecular weight is 349 g/mol. The molecule has 0 spiro atoms. The van der Waals surface area contributed by atoms with Gasteiger partial charge in [-0.25, -0.2) is 8.42 Å². The van der Waals surface area contributed by atoms with Gasteiger partial charge in [-0.3, -0.25) is 4.79 Å². The normalized spacial score (nSPS) is 13.3. The first-order valence-corrected chi connectivity index (χ1v) is 8.09. The van der Waals surface area contributed by atoms with Gasteiger partial charge in [0.25, 0.3) is 0 Å². The van der Waals surface area contributed by atoms with Crippen LogP contribution in [-0.4, -0.2) is 26.4 Å². The molecule has 1 rings (SSSR count). The van der Waals surface area contributed by atoms with Gasteiger partial charge in [0.1, 0.15) is 0 Å². The van der Waals surface area contributed by atoms with E-state index in [0.717, 1.165) is 0 Å². The lowest BCUT2D eigenvalue weighted by molar-refractivity contribution is -0.122. The van der Waals surface area contributed by atoms with Crippen LogP contribution in [0.3, 0.4) is 0 Å². The van der Waals surface area contributed by atoms with E-state index in [9.17, 15) is 13.2 Å². The van der Waals surface area contributed by atoms with E-state index >= 15 is 0 Å². The van der Waals surface area contributed by atoms with Crippen molar-refractivity contribution in [3.8, 4) is 0 Å². The Hall–Kier alpha value is -0.920. The molecule has 1 amide bonds. The summed E-state index contributed by atoms with van der Waals surface area (Å²) >= 11 is 3.18. The zero-order valence-corrected chi connectivity index (χ0v) is 13.4. The molecule has 0 heterocycles. The molecule has 1 aromatic carbocycles. The SMILES string of the molecule is CC(C)NC(=O)C(C)NS(=O)(=O)c1ccccc1Br. The molecule has 0 aliphatic rings. The Labute approximate surface area is 122 Å². The number of nitrogens with one attached hydrogen (secondary N) is 2. The molecular formula is C12H17BrN2O3S. The molecule has 106 valence electrons. The van der Waals surface area contributed by atoms with Crippen molar-refractivity contribution in [2.45, 2.75) is 37.8 Å². The van der Waals surface area contributed by atoms with Crippen molar-refractivity contribution < 1.29 is 13.2 Å². The van der Waals surface area contributed by atoms with Crippen LogP contribution in [0.15, 0.2) is 33.6 Å². The monoisotopic (exact) mass is 348 g/mol. The number of carbonyl (C=O) groups excluding carboxylic acids is 1. The van der Waals surface area contributed by atoms with Gasteiger partial charge in [-0.05, 0) is 48.8 Å². The molecule has 0 saturated heterocycles. The van der Waals surface area contributed by atoms with Gasteiger partial charge in [0.15, 0.2) is 0 Å². The number of rotatable bonds is 5. The van der Waals surface area contributed by atoms with Crippen LogP contribution in [-0.2, 0) is 14.8 Å². The number of hydrogen-bond donors (Lipinski definition) is 2. The maximum Gasteiger partial charge on any atom is 0.242 e. The van der Waals surface area contributed by atoms with Crippen molar-refractivity contribution in [2.24, 2.45) is 0 Å². The van der Waals surface area contributed by atoms with E-state index in [1.54, 1.807) is 18.2 Å². The summed E-state index contributed by atoms with van der Waals surface area (Å²) in [6, 6.07) is 5.57. The number of carbonyl (C=O) groups is 1. The molecule has 1 atom stereocenters. The molecular weight excluding hydrogens is 332 g/mol. The lowest BCUT2D eigenvalue weighted by Gasteiger charge is -2.16. The molecule has 0 aliphatic heterocycles. The van der Waals surface area contributed by atoms with Crippen LogP contribution >= 0.6 is 15.9 Å². The van der Waals surface area contributed by atoms with E-state index in [-0.39, 0.29) is 16.8 Å². The highest BCUT2D eigenvalue weighted by molar-refractivity contribution is 9.10. The molecule has 5 nitrogen and oxygen atoms in total. The highest BCUT2D eigenvalue weighted by Crippen LogP contribution is 2.21. The molecule has 2 N–H and O–H groups in total. The van der Waals surface area contributed by atoms with Gasteiger partial charge in [0.2, 0.25) is 15.9 Å². The summed E-state index contributed by atoms with van der Waals surface area (Å²) in [7, 11) is -3.73. The summed E-state index contributed by atoms with van der Waals surface area (Å²) in [4.78, 5) is 11.8. The summed E-state index contributed by atoms with van der Waals surface area (Å²) in [6.45, 7) is 5.13. The maximum absolute atomic E-state index is 12.1. The standard InChI is InChI=1S/C12H17BrN2O3S/c1-8(2)14-12(16)9(3)15-19(17,18)11-7-5-4-6-10(11)13/h4-9,15H,1-3H3,(H,14,16). The topological polar surface area (TPSA) is 75.3 Å². The smallest absolute Gasteiger partial charge is 0.242 e. The third-order valence-corrected chi connectivity index (χ3v) is 4.84. The summed E-state index contributed by atoms with van der Waals surface area (Å²) in [5.74, 6) is -0.356. The minimum absolute atomic E-state index is 0.0390. The van der Waals surface area contributed by atoms with Crippen LogP contribution in [0.5, 0.6) is 0 Å². The fourth-order valence-corrected chi connectivity index (χ4v) is 3.63. The van der Waals surface area contributed by atoms with E-state index in [1.165, 1.54) is 13.0 Å². The quantitative estimate of drug-likeness (QED) is 0.849. The van der Waals surface area contributed by atoms with Crippen molar-refractivity contribution >= 4 is 31.9 Å². The van der Waals surface area contributed by atoms with Crippen molar-refractivity contribution in [1.82, 2.24) is 10.0 Å². The van der Waals surface area contributed by atoms with E-state index in [2.05, 4.69) is 26.0 Å². The molecule has 0 bridgehead atoms. The van der Waals surface area contributed by atoms with E-state index in [4.69, 9.17) is 0 Å². The Morgan fingerprint density at radius 2 is 1.79 bits per heavy atom. The number of benzene rings is 1. The zero-order chi connectivity index (χ0) is 14.6. The first kappa shape index (κ1) is 16.1. The predicted octanol–water partition coefficient (Wildman–Crippen LogP) is 1.64. The molecule has 1 aromatic rings. The van der Waals surface area contributed by atoms with E-state index in [0.29, 0.717) is 4.47 Å². The molecule has 0 aliphatic carbocycles. The molecule has 1 unspecified atom stereocenters. The van der Waals surface area contributed by atoms with Gasteiger partial charge in [0.05, 0.1) is 10.9 Å². The van der Waals surface area contributed by atoms with Gasteiger partial charge in [-0.15, -0.1) is 0 Å². The van der Waals surface area contributed by atoms with Gasteiger partial charge in [0, 0.05) is 10.5 Å². The fraction of sp³-hybridized carbons (Fsp3) is 0.417. The lowest BCUT2D eigenvalue weighted by Crippen LogP contribution is -2.46. The molecule has 19 heavy (non-hydrogen) atoms. The first-order chi connectivity index (χ1) is 8.74. The summed E-state index contributed by atoms with van der Waals surface area (Å²) in [6.07, 6.45) is 0. The summed E-state index contributed by atoms with van der Waals surface area (Å²) in [5, 5.41) is 2.65. The second-order valence-corrected chi connectivity index (χ2v) is 6.97. The van der Waals surface area contributed by atoms with Crippen LogP contribution < -0.4 is 10.0 Å². The molecule has 0 fully saturated rings. The third-order valence-electron chi connectivity index (χ3n) is 2.28. The van der Waals surface area contributed by atoms with Crippen LogP contribution in [0.4, 0.5) is 0 Å². The third kappa shape index (κ3) is 4.59. The van der Waals surface area contributed by atoms with Gasteiger partial charge in [-0.1, -0.05) is 12.1 Å². The van der Waals surface area contributed by atoms with Crippen LogP contribution in [0.2, 0.25) is 0 Å². The molecule has 0 aromatic heterocycles. The van der Waals surface area contributed by atoms with Crippen LogP contribution in [0.1, 0.15) is 20.8 Å². The molecule has 0 radical (unpaired) electrons. The van der Waals surface area contributed by atoms with Gasteiger partial charge in [-0.2, -0.15) is 4.72 Å². The zero-order valence-electron chi connectivity index (χ0n) is 11.0. The molecule has 0 saturated carbocycles. The highest BCUT2D eigenvalue weighted by Gasteiger charge is 2.23.